The highest BCUT2D eigenvalue weighted by Crippen LogP contribution is 2.24. The lowest BCUT2D eigenvalue weighted by molar-refractivity contribution is -0.277. The van der Waals surface area contributed by atoms with Crippen LogP contribution in [0.15, 0.2) is 6.07 Å². The molecule has 0 saturated carbocycles. The van der Waals surface area contributed by atoms with Crippen molar-refractivity contribution >= 4 is 0 Å². The average Bonchev–Trinajstić information content (AvgIpc) is 2.07. The Morgan fingerprint density at radius 2 is 1.87 bits per heavy atom. The third-order valence-electron chi connectivity index (χ3n) is 1.38. The van der Waals surface area contributed by atoms with Crippen LogP contribution in [0.2, 0.25) is 0 Å². The van der Waals surface area contributed by atoms with Crippen molar-refractivity contribution in [2.75, 3.05) is 0 Å². The molecule has 84 valence electrons. The van der Waals surface area contributed by atoms with Gasteiger partial charge in [-0.2, -0.15) is 0 Å². The van der Waals surface area contributed by atoms with Crippen LogP contribution in [-0.4, -0.2) is 11.3 Å². The number of nitrogens with zero attached hydrogens (tertiary/aromatic N) is 1. The van der Waals surface area contributed by atoms with E-state index < -0.39 is 36.1 Å². The highest BCUT2D eigenvalue weighted by molar-refractivity contribution is 5.20. The molecule has 2 N–H and O–H groups in total. The van der Waals surface area contributed by atoms with Crippen LogP contribution in [0, 0.1) is 11.6 Å². The van der Waals surface area contributed by atoms with Crippen LogP contribution in [-0.2, 0) is 6.54 Å². The van der Waals surface area contributed by atoms with Gasteiger partial charge in [0.15, 0.2) is 5.82 Å². The number of hydrogen-bond acceptors (Lipinski definition) is 3. The summed E-state index contributed by atoms with van der Waals surface area (Å²) in [4.78, 5) is 2.96. The Morgan fingerprint density at radius 3 is 2.33 bits per heavy atom. The van der Waals surface area contributed by atoms with Gasteiger partial charge in [0.05, 0.1) is 5.69 Å². The quantitative estimate of drug-likeness (QED) is 0.784. The number of halogens is 5. The average molecular weight is 228 g/mol. The molecule has 0 spiro atoms. The second-order valence-electron chi connectivity index (χ2n) is 2.46. The van der Waals surface area contributed by atoms with Crippen LogP contribution < -0.4 is 10.5 Å². The van der Waals surface area contributed by atoms with Gasteiger partial charge in [0.1, 0.15) is 5.82 Å². The van der Waals surface area contributed by atoms with Crippen molar-refractivity contribution in [3.05, 3.63) is 23.4 Å². The molecule has 0 saturated heterocycles. The van der Waals surface area contributed by atoms with Crippen LogP contribution >= 0.6 is 0 Å². The maximum Gasteiger partial charge on any atom is 0.574 e. The van der Waals surface area contributed by atoms with Gasteiger partial charge >= 0.3 is 6.36 Å². The maximum absolute atomic E-state index is 12.7. The first-order chi connectivity index (χ1) is 6.83. The molecule has 1 heterocycles. The van der Waals surface area contributed by atoms with Gasteiger partial charge in [-0.25, -0.2) is 13.8 Å². The highest BCUT2D eigenvalue weighted by Gasteiger charge is 2.33. The van der Waals surface area contributed by atoms with Gasteiger partial charge < -0.3 is 10.5 Å². The molecule has 3 nitrogen and oxygen atoms in total. The number of nitrogens with two attached hydrogens (primary N) is 1. The first-order valence-electron chi connectivity index (χ1n) is 3.64. The normalized spacial score (nSPS) is 11.6. The Morgan fingerprint density at radius 1 is 1.27 bits per heavy atom. The summed E-state index contributed by atoms with van der Waals surface area (Å²) in [5, 5.41) is 0. The Bertz CT molecular complexity index is 365. The van der Waals surface area contributed by atoms with Crippen molar-refractivity contribution < 1.29 is 26.7 Å². The molecular weight excluding hydrogens is 223 g/mol. The van der Waals surface area contributed by atoms with E-state index in [1.54, 1.807) is 0 Å². The van der Waals surface area contributed by atoms with Gasteiger partial charge in [-0.15, -0.1) is 13.2 Å². The summed E-state index contributed by atoms with van der Waals surface area (Å²) in [6, 6.07) is 0.232. The van der Waals surface area contributed by atoms with Crippen molar-refractivity contribution in [3.8, 4) is 5.88 Å². The molecule has 1 aromatic rings. The van der Waals surface area contributed by atoms with E-state index in [0.29, 0.717) is 0 Å². The van der Waals surface area contributed by atoms with Crippen LogP contribution in [0.4, 0.5) is 22.0 Å². The van der Waals surface area contributed by atoms with E-state index in [4.69, 9.17) is 5.73 Å². The number of hydrogen-bond donors (Lipinski definition) is 1. The number of ether oxygens (including phenoxy) is 1. The van der Waals surface area contributed by atoms with E-state index >= 15 is 0 Å². The van der Waals surface area contributed by atoms with Crippen LogP contribution in [0.3, 0.4) is 0 Å². The van der Waals surface area contributed by atoms with Gasteiger partial charge in [-0.1, -0.05) is 0 Å². The zero-order chi connectivity index (χ0) is 11.6. The van der Waals surface area contributed by atoms with Crippen LogP contribution in [0.5, 0.6) is 5.88 Å². The molecule has 0 aliphatic rings. The lowest BCUT2D eigenvalue weighted by atomic mass is 10.3. The predicted octanol–water partition coefficient (Wildman–Crippen LogP) is 1.72. The lowest BCUT2D eigenvalue weighted by Gasteiger charge is -2.09. The van der Waals surface area contributed by atoms with Gasteiger partial charge in [0, 0.05) is 12.6 Å². The molecule has 0 amide bonds. The summed E-state index contributed by atoms with van der Waals surface area (Å²) >= 11 is 0. The minimum absolute atomic E-state index is 0.232. The molecule has 0 atom stereocenters. The third-order valence-corrected chi connectivity index (χ3v) is 1.38. The fourth-order valence-electron chi connectivity index (χ4n) is 0.810. The molecule has 1 aromatic heterocycles. The summed E-state index contributed by atoms with van der Waals surface area (Å²) in [7, 11) is 0. The smallest absolute Gasteiger partial charge is 0.385 e. The Labute approximate surface area is 80.7 Å². The molecule has 0 radical (unpaired) electrons. The van der Waals surface area contributed by atoms with Crippen molar-refractivity contribution in [2.24, 2.45) is 5.73 Å². The summed E-state index contributed by atoms with van der Waals surface area (Å²) in [5.74, 6) is -4.00. The van der Waals surface area contributed by atoms with Crippen molar-refractivity contribution in [2.45, 2.75) is 12.9 Å². The fraction of sp³-hybridized carbons (Fsp3) is 0.286. The zero-order valence-corrected chi connectivity index (χ0v) is 7.11. The van der Waals surface area contributed by atoms with E-state index in [-0.39, 0.29) is 6.07 Å². The van der Waals surface area contributed by atoms with Gasteiger partial charge in [0.2, 0.25) is 0 Å². The molecule has 0 aliphatic carbocycles. The van der Waals surface area contributed by atoms with E-state index in [1.165, 1.54) is 0 Å². The summed E-state index contributed by atoms with van der Waals surface area (Å²) < 4.78 is 63.8. The van der Waals surface area contributed by atoms with E-state index in [0.717, 1.165) is 0 Å². The molecular formula is C7H5F5N2O. The highest BCUT2D eigenvalue weighted by atomic mass is 19.4. The molecule has 8 heteroatoms. The molecule has 0 unspecified atom stereocenters. The molecule has 0 fully saturated rings. The Balaban J connectivity index is 3.08. The first-order valence-corrected chi connectivity index (χ1v) is 3.64. The molecule has 0 aliphatic heterocycles. The van der Waals surface area contributed by atoms with Gasteiger partial charge in [-0.05, 0) is 0 Å². The number of rotatable bonds is 2. The molecule has 0 aromatic carbocycles. The molecule has 15 heavy (non-hydrogen) atoms. The minimum Gasteiger partial charge on any atom is -0.385 e. The van der Waals surface area contributed by atoms with Gasteiger partial charge in [-0.3, -0.25) is 0 Å². The Kier molecular flexibility index (Phi) is 3.08. The standard InChI is InChI=1S/C7H5F5N2O/c8-3-1-4(9)6(14-5(3)2-13)15-7(10,11)12/h1H,2,13H2. The van der Waals surface area contributed by atoms with Crippen LogP contribution in [0.25, 0.3) is 0 Å². The second-order valence-corrected chi connectivity index (χ2v) is 2.46. The summed E-state index contributed by atoms with van der Waals surface area (Å²) in [5.41, 5.74) is 4.47. The van der Waals surface area contributed by atoms with Crippen molar-refractivity contribution in [1.82, 2.24) is 4.98 Å². The third kappa shape index (κ3) is 3.01. The number of alkyl halides is 3. The topological polar surface area (TPSA) is 48.1 Å². The minimum atomic E-state index is -5.09. The van der Waals surface area contributed by atoms with Gasteiger partial charge in [0.25, 0.3) is 5.88 Å². The Hall–Kier alpha value is -1.44. The SMILES string of the molecule is NCc1nc(OC(F)(F)F)c(F)cc1F. The second kappa shape index (κ2) is 3.97. The molecule has 1 rings (SSSR count). The number of aromatic nitrogens is 1. The van der Waals surface area contributed by atoms with Crippen molar-refractivity contribution in [1.29, 1.82) is 0 Å². The monoisotopic (exact) mass is 228 g/mol. The van der Waals surface area contributed by atoms with Crippen LogP contribution in [0.1, 0.15) is 5.69 Å². The zero-order valence-electron chi connectivity index (χ0n) is 7.11. The van der Waals surface area contributed by atoms with E-state index in [2.05, 4.69) is 9.72 Å². The summed E-state index contributed by atoms with van der Waals surface area (Å²) in [6.45, 7) is -0.458. The predicted molar refractivity (Wildman–Crippen MR) is 38.7 cm³/mol. The fourth-order valence-corrected chi connectivity index (χ4v) is 0.810. The first kappa shape index (κ1) is 11.6. The maximum atomic E-state index is 12.7. The largest absolute Gasteiger partial charge is 0.574 e. The van der Waals surface area contributed by atoms with Crippen molar-refractivity contribution in [3.63, 3.8) is 0 Å². The molecule has 0 bridgehead atoms. The van der Waals surface area contributed by atoms with E-state index in [9.17, 15) is 22.0 Å². The number of pyridine rings is 1. The lowest BCUT2D eigenvalue weighted by Crippen LogP contribution is -2.20. The summed E-state index contributed by atoms with van der Waals surface area (Å²) in [6.07, 6.45) is -5.09. The van der Waals surface area contributed by atoms with E-state index in [1.807, 2.05) is 0 Å².